The highest BCUT2D eigenvalue weighted by atomic mass is 35.5. The fraction of sp³-hybridized carbons (Fsp3) is 0.167. The van der Waals surface area contributed by atoms with Crippen LogP contribution in [0, 0.1) is 0 Å². The lowest BCUT2D eigenvalue weighted by atomic mass is 10.3. The molecule has 18 heavy (non-hydrogen) atoms. The number of para-hydroxylation sites is 2. The smallest absolute Gasteiger partial charge is 0.273 e. The van der Waals surface area contributed by atoms with Crippen molar-refractivity contribution < 1.29 is 9.47 Å². The molecule has 94 valence electrons. The molecule has 5 nitrogen and oxygen atoms in total. The van der Waals surface area contributed by atoms with E-state index in [1.165, 1.54) is 6.33 Å². The number of nitrogens with one attached hydrogen (secondary N) is 1. The zero-order valence-electron chi connectivity index (χ0n) is 9.64. The molecule has 0 aliphatic rings. The Bertz CT molecular complexity index is 598. The van der Waals surface area contributed by atoms with Crippen LogP contribution in [0.1, 0.15) is 6.92 Å². The van der Waals surface area contributed by atoms with E-state index < -0.39 is 5.56 Å². The minimum Gasteiger partial charge on any atom is -0.490 e. The van der Waals surface area contributed by atoms with E-state index in [0.29, 0.717) is 18.1 Å². The molecule has 1 aromatic carbocycles. The van der Waals surface area contributed by atoms with Crippen molar-refractivity contribution in [3.05, 3.63) is 46.0 Å². The average Bonchev–Trinajstić information content (AvgIpc) is 2.37. The van der Waals surface area contributed by atoms with Crippen LogP contribution in [-0.2, 0) is 0 Å². The molecule has 0 radical (unpaired) electrons. The Morgan fingerprint density at radius 3 is 2.78 bits per heavy atom. The third-order valence-corrected chi connectivity index (χ3v) is 2.45. The molecular weight excluding hydrogens is 256 g/mol. The van der Waals surface area contributed by atoms with Gasteiger partial charge in [-0.05, 0) is 19.1 Å². The molecule has 2 aromatic rings. The Morgan fingerprint density at radius 2 is 2.06 bits per heavy atom. The number of aromatic nitrogens is 2. The van der Waals surface area contributed by atoms with Crippen molar-refractivity contribution in [2.75, 3.05) is 6.61 Å². The van der Waals surface area contributed by atoms with E-state index in [-0.39, 0.29) is 10.9 Å². The van der Waals surface area contributed by atoms with E-state index in [1.54, 1.807) is 18.2 Å². The number of H-pyrrole nitrogens is 1. The summed E-state index contributed by atoms with van der Waals surface area (Å²) in [5, 5.41) is -0.0937. The summed E-state index contributed by atoms with van der Waals surface area (Å²) in [4.78, 5) is 17.5. The van der Waals surface area contributed by atoms with Gasteiger partial charge in [0, 0.05) is 0 Å². The van der Waals surface area contributed by atoms with Crippen LogP contribution < -0.4 is 15.0 Å². The first kappa shape index (κ1) is 12.4. The van der Waals surface area contributed by atoms with Crippen LogP contribution in [0.3, 0.4) is 0 Å². The van der Waals surface area contributed by atoms with Gasteiger partial charge in [-0.2, -0.15) is 0 Å². The van der Waals surface area contributed by atoms with Gasteiger partial charge in [0.05, 0.1) is 12.9 Å². The van der Waals surface area contributed by atoms with Gasteiger partial charge in [0.15, 0.2) is 16.5 Å². The largest absolute Gasteiger partial charge is 0.490 e. The van der Waals surface area contributed by atoms with E-state index in [9.17, 15) is 4.79 Å². The molecule has 0 aliphatic heterocycles. The molecule has 1 N–H and O–H groups in total. The number of nitrogens with zero attached hydrogens (tertiary/aromatic N) is 1. The normalized spacial score (nSPS) is 10.1. The van der Waals surface area contributed by atoms with Crippen molar-refractivity contribution in [1.29, 1.82) is 0 Å². The number of hydrogen-bond acceptors (Lipinski definition) is 4. The second-order valence-electron chi connectivity index (χ2n) is 3.33. The van der Waals surface area contributed by atoms with E-state index >= 15 is 0 Å². The summed E-state index contributed by atoms with van der Waals surface area (Å²) in [6.45, 7) is 2.38. The molecular formula is C12H11ClN2O3. The number of hydrogen-bond donors (Lipinski definition) is 1. The zero-order valence-corrected chi connectivity index (χ0v) is 10.4. The number of halogens is 1. The van der Waals surface area contributed by atoms with Crippen LogP contribution >= 0.6 is 11.6 Å². The number of ether oxygens (including phenoxy) is 2. The maximum atomic E-state index is 11.3. The third-order valence-electron chi connectivity index (χ3n) is 2.12. The van der Waals surface area contributed by atoms with Crippen molar-refractivity contribution in [3.63, 3.8) is 0 Å². The van der Waals surface area contributed by atoms with E-state index in [0.717, 1.165) is 0 Å². The van der Waals surface area contributed by atoms with Crippen LogP contribution in [0.2, 0.25) is 5.02 Å². The lowest BCUT2D eigenvalue weighted by Crippen LogP contribution is -2.08. The molecule has 0 atom stereocenters. The van der Waals surface area contributed by atoms with Gasteiger partial charge < -0.3 is 14.5 Å². The Kier molecular flexibility index (Phi) is 3.84. The lowest BCUT2D eigenvalue weighted by molar-refractivity contribution is 0.319. The van der Waals surface area contributed by atoms with Crippen molar-refractivity contribution in [2.45, 2.75) is 6.92 Å². The Morgan fingerprint density at radius 1 is 1.33 bits per heavy atom. The minimum absolute atomic E-state index is 0.0487. The van der Waals surface area contributed by atoms with Crippen LogP contribution in [-0.4, -0.2) is 16.6 Å². The van der Waals surface area contributed by atoms with Gasteiger partial charge in [0.25, 0.3) is 5.56 Å². The van der Waals surface area contributed by atoms with Crippen LogP contribution in [0.4, 0.5) is 0 Å². The topological polar surface area (TPSA) is 64.2 Å². The standard InChI is InChI=1S/C12H11ClN2O3/c1-2-17-8-5-3-4-6-9(8)18-12-10(13)11(16)14-7-15-12/h3-7H,2H2,1H3,(H,14,15,16). The highest BCUT2D eigenvalue weighted by Gasteiger charge is 2.11. The monoisotopic (exact) mass is 266 g/mol. The molecule has 0 saturated heterocycles. The third kappa shape index (κ3) is 2.62. The summed E-state index contributed by atoms with van der Waals surface area (Å²) in [6.07, 6.45) is 1.23. The molecule has 0 bridgehead atoms. The van der Waals surface area contributed by atoms with E-state index in [1.807, 2.05) is 13.0 Å². The molecule has 0 saturated carbocycles. The first-order valence-corrected chi connectivity index (χ1v) is 5.73. The van der Waals surface area contributed by atoms with Gasteiger partial charge in [-0.1, -0.05) is 23.7 Å². The van der Waals surface area contributed by atoms with Crippen LogP contribution in [0.15, 0.2) is 35.4 Å². The first-order valence-electron chi connectivity index (χ1n) is 5.35. The number of rotatable bonds is 4. The van der Waals surface area contributed by atoms with E-state index in [2.05, 4.69) is 9.97 Å². The minimum atomic E-state index is -0.449. The molecule has 0 amide bonds. The molecule has 0 aliphatic carbocycles. The Balaban J connectivity index is 2.34. The second-order valence-corrected chi connectivity index (χ2v) is 3.71. The van der Waals surface area contributed by atoms with Crippen LogP contribution in [0.5, 0.6) is 17.4 Å². The predicted molar refractivity (Wildman–Crippen MR) is 67.6 cm³/mol. The molecule has 1 heterocycles. The van der Waals surface area contributed by atoms with Crippen molar-refractivity contribution >= 4 is 11.6 Å². The van der Waals surface area contributed by atoms with Gasteiger partial charge in [-0.25, -0.2) is 4.98 Å². The maximum Gasteiger partial charge on any atom is 0.273 e. The summed E-state index contributed by atoms with van der Waals surface area (Å²) < 4.78 is 10.9. The fourth-order valence-electron chi connectivity index (χ4n) is 1.35. The van der Waals surface area contributed by atoms with Gasteiger partial charge in [0.1, 0.15) is 0 Å². The molecule has 0 fully saturated rings. The summed E-state index contributed by atoms with van der Waals surface area (Å²) in [7, 11) is 0. The van der Waals surface area contributed by atoms with Crippen molar-refractivity contribution in [3.8, 4) is 17.4 Å². The molecule has 6 heteroatoms. The summed E-state index contributed by atoms with van der Waals surface area (Å²) in [6, 6.07) is 7.09. The first-order chi connectivity index (χ1) is 8.72. The quantitative estimate of drug-likeness (QED) is 0.924. The number of aromatic amines is 1. The predicted octanol–water partition coefficient (Wildman–Crippen LogP) is 2.61. The SMILES string of the molecule is CCOc1ccccc1Oc1nc[nH]c(=O)c1Cl. The molecule has 0 spiro atoms. The highest BCUT2D eigenvalue weighted by Crippen LogP contribution is 2.31. The van der Waals surface area contributed by atoms with Crippen molar-refractivity contribution in [1.82, 2.24) is 9.97 Å². The maximum absolute atomic E-state index is 11.3. The van der Waals surface area contributed by atoms with Crippen molar-refractivity contribution in [2.24, 2.45) is 0 Å². The van der Waals surface area contributed by atoms with Crippen LogP contribution in [0.25, 0.3) is 0 Å². The molecule has 0 unspecified atom stereocenters. The van der Waals surface area contributed by atoms with Gasteiger partial charge in [-0.15, -0.1) is 0 Å². The van der Waals surface area contributed by atoms with E-state index in [4.69, 9.17) is 21.1 Å². The van der Waals surface area contributed by atoms with Gasteiger partial charge >= 0.3 is 0 Å². The summed E-state index contributed by atoms with van der Waals surface area (Å²) >= 11 is 5.80. The highest BCUT2D eigenvalue weighted by molar-refractivity contribution is 6.31. The zero-order chi connectivity index (χ0) is 13.0. The average molecular weight is 267 g/mol. The second kappa shape index (κ2) is 5.55. The Labute approximate surface area is 108 Å². The number of benzene rings is 1. The van der Waals surface area contributed by atoms with Gasteiger partial charge in [0.2, 0.25) is 5.88 Å². The molecule has 2 rings (SSSR count). The molecule has 1 aromatic heterocycles. The van der Waals surface area contributed by atoms with Gasteiger partial charge in [-0.3, -0.25) is 4.79 Å². The Hall–Kier alpha value is -2.01. The lowest BCUT2D eigenvalue weighted by Gasteiger charge is -2.10. The fourth-order valence-corrected chi connectivity index (χ4v) is 1.49. The summed E-state index contributed by atoms with van der Waals surface area (Å²) in [5.41, 5.74) is -0.449. The summed E-state index contributed by atoms with van der Waals surface area (Å²) in [5.74, 6) is 1.07.